The Kier molecular flexibility index (Phi) is 3.95. The van der Waals surface area contributed by atoms with E-state index in [1.807, 2.05) is 38.1 Å². The summed E-state index contributed by atoms with van der Waals surface area (Å²) < 4.78 is 28.4. The van der Waals surface area contributed by atoms with Crippen LogP contribution in [0.2, 0.25) is 0 Å². The molecule has 0 amide bonds. The van der Waals surface area contributed by atoms with E-state index in [-0.39, 0.29) is 16.7 Å². The van der Waals surface area contributed by atoms with Gasteiger partial charge in [-0.2, -0.15) is 5.10 Å². The van der Waals surface area contributed by atoms with Crippen LogP contribution in [0.5, 0.6) is 0 Å². The van der Waals surface area contributed by atoms with Crippen molar-refractivity contribution in [2.24, 2.45) is 0 Å². The predicted molar refractivity (Wildman–Crippen MR) is 82.7 cm³/mol. The lowest BCUT2D eigenvalue weighted by molar-refractivity contribution is 0.579. The number of hydrogen-bond donors (Lipinski definition) is 0. The normalized spacial score (nSPS) is 11.7. The second-order valence-corrected chi connectivity index (χ2v) is 6.93. The molecule has 0 spiro atoms. The van der Waals surface area contributed by atoms with Crippen molar-refractivity contribution in [3.05, 3.63) is 48.3 Å². The highest BCUT2D eigenvalue weighted by Gasteiger charge is 2.25. The Labute approximate surface area is 133 Å². The molecule has 0 radical (unpaired) electrons. The largest absolute Gasteiger partial charge is 0.272 e. The number of benzene rings is 1. The molecule has 1 aromatic carbocycles. The van der Waals surface area contributed by atoms with Crippen LogP contribution < -0.4 is 0 Å². The minimum Gasteiger partial charge on any atom is -0.272 e. The standard InChI is InChI=1S/C14H16N6O2S/c1-3-19-9-15-13(18-19)8-23(21,22)14-17-16-10-20(14)12-7-5-4-6-11(12)2/h4-7,9-10H,3,8H2,1-2H3. The van der Waals surface area contributed by atoms with Gasteiger partial charge >= 0.3 is 0 Å². The zero-order valence-corrected chi connectivity index (χ0v) is 13.6. The van der Waals surface area contributed by atoms with Crippen LogP contribution in [0.1, 0.15) is 18.3 Å². The molecule has 2 aromatic heterocycles. The molecular weight excluding hydrogens is 316 g/mol. The number of sulfone groups is 1. The van der Waals surface area contributed by atoms with Crippen molar-refractivity contribution in [1.29, 1.82) is 0 Å². The molecule has 0 saturated heterocycles. The average molecular weight is 332 g/mol. The molecule has 23 heavy (non-hydrogen) atoms. The van der Waals surface area contributed by atoms with E-state index in [4.69, 9.17) is 0 Å². The molecule has 0 aliphatic carbocycles. The van der Waals surface area contributed by atoms with Gasteiger partial charge < -0.3 is 0 Å². The van der Waals surface area contributed by atoms with Crippen molar-refractivity contribution < 1.29 is 8.42 Å². The third-order valence-electron chi connectivity index (χ3n) is 3.40. The van der Waals surface area contributed by atoms with E-state index in [1.54, 1.807) is 4.68 Å². The van der Waals surface area contributed by atoms with E-state index in [9.17, 15) is 8.42 Å². The fraction of sp³-hybridized carbons (Fsp3) is 0.286. The van der Waals surface area contributed by atoms with Crippen molar-refractivity contribution in [1.82, 2.24) is 29.5 Å². The van der Waals surface area contributed by atoms with Gasteiger partial charge in [-0.15, -0.1) is 10.2 Å². The number of rotatable bonds is 5. The summed E-state index contributed by atoms with van der Waals surface area (Å²) in [7, 11) is -3.71. The van der Waals surface area contributed by atoms with Crippen molar-refractivity contribution in [2.45, 2.75) is 31.3 Å². The van der Waals surface area contributed by atoms with Crippen molar-refractivity contribution in [3.63, 3.8) is 0 Å². The first-order valence-electron chi connectivity index (χ1n) is 7.08. The van der Waals surface area contributed by atoms with E-state index >= 15 is 0 Å². The van der Waals surface area contributed by atoms with E-state index < -0.39 is 9.84 Å². The average Bonchev–Trinajstić information content (AvgIpc) is 3.16. The maximum atomic E-state index is 12.7. The molecule has 3 aromatic rings. The maximum absolute atomic E-state index is 12.7. The van der Waals surface area contributed by atoms with Crippen molar-refractivity contribution in [3.8, 4) is 5.69 Å². The molecule has 3 rings (SSSR count). The van der Waals surface area contributed by atoms with Crippen LogP contribution in [0.3, 0.4) is 0 Å². The first-order chi connectivity index (χ1) is 11.0. The number of aromatic nitrogens is 6. The predicted octanol–water partition coefficient (Wildman–Crippen LogP) is 1.16. The van der Waals surface area contributed by atoms with Gasteiger partial charge in [-0.3, -0.25) is 9.25 Å². The third-order valence-corrected chi connectivity index (χ3v) is 4.87. The zero-order chi connectivity index (χ0) is 16.4. The molecule has 0 N–H and O–H groups in total. The van der Waals surface area contributed by atoms with Crippen molar-refractivity contribution in [2.75, 3.05) is 0 Å². The first-order valence-corrected chi connectivity index (χ1v) is 8.73. The van der Waals surface area contributed by atoms with Gasteiger partial charge in [-0.1, -0.05) is 18.2 Å². The highest BCUT2D eigenvalue weighted by Crippen LogP contribution is 2.19. The SMILES string of the molecule is CCn1cnc(CS(=O)(=O)c2nncn2-c2ccccc2C)n1. The number of aryl methyl sites for hydroxylation is 2. The molecule has 0 atom stereocenters. The quantitative estimate of drug-likeness (QED) is 0.696. The Morgan fingerprint density at radius 1 is 1.17 bits per heavy atom. The first kappa shape index (κ1) is 15.3. The van der Waals surface area contributed by atoms with Crippen LogP contribution in [0.15, 0.2) is 42.1 Å². The van der Waals surface area contributed by atoms with Crippen LogP contribution >= 0.6 is 0 Å². The third kappa shape index (κ3) is 3.00. The van der Waals surface area contributed by atoms with E-state index in [2.05, 4.69) is 20.3 Å². The van der Waals surface area contributed by atoms with Gasteiger partial charge in [-0.25, -0.2) is 13.4 Å². The smallest absolute Gasteiger partial charge is 0.254 e. The summed E-state index contributed by atoms with van der Waals surface area (Å²) in [4.78, 5) is 4.02. The second kappa shape index (κ2) is 5.92. The molecule has 8 nitrogen and oxygen atoms in total. The molecule has 2 heterocycles. The minimum atomic E-state index is -3.71. The summed E-state index contributed by atoms with van der Waals surface area (Å²) in [5.74, 6) is -0.0731. The molecule has 0 saturated carbocycles. The second-order valence-electron chi connectivity index (χ2n) is 5.05. The zero-order valence-electron chi connectivity index (χ0n) is 12.8. The topological polar surface area (TPSA) is 95.6 Å². The van der Waals surface area contributed by atoms with Gasteiger partial charge in [-0.05, 0) is 25.5 Å². The van der Waals surface area contributed by atoms with Crippen LogP contribution in [-0.4, -0.2) is 37.9 Å². The van der Waals surface area contributed by atoms with E-state index in [0.29, 0.717) is 6.54 Å². The molecule has 0 bridgehead atoms. The molecule has 9 heteroatoms. The number of hydrogen-bond acceptors (Lipinski definition) is 6. The van der Waals surface area contributed by atoms with Crippen LogP contribution in [-0.2, 0) is 22.1 Å². The fourth-order valence-corrected chi connectivity index (χ4v) is 3.44. The lowest BCUT2D eigenvalue weighted by Crippen LogP contribution is -2.13. The Morgan fingerprint density at radius 3 is 2.65 bits per heavy atom. The molecule has 0 fully saturated rings. The van der Waals surface area contributed by atoms with Gasteiger partial charge in [0.25, 0.3) is 5.16 Å². The summed E-state index contributed by atoms with van der Waals surface area (Å²) >= 11 is 0. The highest BCUT2D eigenvalue weighted by molar-refractivity contribution is 7.90. The van der Waals surface area contributed by atoms with E-state index in [0.717, 1.165) is 11.3 Å². The minimum absolute atomic E-state index is 0.111. The lowest BCUT2D eigenvalue weighted by Gasteiger charge is -2.09. The van der Waals surface area contributed by atoms with Crippen LogP contribution in [0, 0.1) is 6.92 Å². The summed E-state index contributed by atoms with van der Waals surface area (Å²) in [5.41, 5.74) is 1.65. The highest BCUT2D eigenvalue weighted by atomic mass is 32.2. The van der Waals surface area contributed by atoms with E-state index in [1.165, 1.54) is 17.2 Å². The molecular formula is C14H16N6O2S. The van der Waals surface area contributed by atoms with Crippen molar-refractivity contribution >= 4 is 9.84 Å². The Morgan fingerprint density at radius 2 is 1.96 bits per heavy atom. The molecule has 0 aliphatic rings. The Hall–Kier alpha value is -2.55. The summed E-state index contributed by atoms with van der Waals surface area (Å²) in [6.45, 7) is 4.43. The van der Waals surface area contributed by atoms with Gasteiger partial charge in [0, 0.05) is 6.54 Å². The van der Waals surface area contributed by atoms with Crippen LogP contribution in [0.25, 0.3) is 5.69 Å². The number of nitrogens with zero attached hydrogens (tertiary/aromatic N) is 6. The molecule has 0 unspecified atom stereocenters. The fourth-order valence-electron chi connectivity index (χ4n) is 2.22. The van der Waals surface area contributed by atoms with Gasteiger partial charge in [0.1, 0.15) is 18.4 Å². The Bertz CT molecular complexity index is 928. The molecule has 0 aliphatic heterocycles. The Balaban J connectivity index is 1.99. The van der Waals surface area contributed by atoms with Gasteiger partial charge in [0.15, 0.2) is 5.82 Å². The van der Waals surface area contributed by atoms with Crippen LogP contribution in [0.4, 0.5) is 0 Å². The lowest BCUT2D eigenvalue weighted by atomic mass is 10.2. The summed E-state index contributed by atoms with van der Waals surface area (Å²) in [6.07, 6.45) is 2.91. The monoisotopic (exact) mass is 332 g/mol. The maximum Gasteiger partial charge on any atom is 0.254 e. The van der Waals surface area contributed by atoms with Gasteiger partial charge in [0.2, 0.25) is 9.84 Å². The molecule has 120 valence electrons. The van der Waals surface area contributed by atoms with Gasteiger partial charge in [0.05, 0.1) is 5.69 Å². The summed E-state index contributed by atoms with van der Waals surface area (Å²) in [6, 6.07) is 7.44. The summed E-state index contributed by atoms with van der Waals surface area (Å²) in [5, 5.41) is 11.5. The number of para-hydroxylation sites is 1.